The summed E-state index contributed by atoms with van der Waals surface area (Å²) in [7, 11) is 0. The molecule has 7 heteroatoms. The van der Waals surface area contributed by atoms with Gasteiger partial charge in [-0.05, 0) is 46.6 Å². The molecule has 2 rings (SSSR count). The maximum atomic E-state index is 12.9. The molecule has 0 aromatic rings. The van der Waals surface area contributed by atoms with E-state index in [1.165, 1.54) is 12.2 Å². The Balaban J connectivity index is 2.22. The van der Waals surface area contributed by atoms with E-state index in [0.29, 0.717) is 6.42 Å². The number of carbonyl (C=O) groups is 3. The van der Waals surface area contributed by atoms with Gasteiger partial charge in [-0.2, -0.15) is 0 Å². The van der Waals surface area contributed by atoms with Crippen molar-refractivity contribution in [2.75, 3.05) is 13.2 Å². The van der Waals surface area contributed by atoms with Gasteiger partial charge in [0.05, 0.1) is 23.7 Å². The summed E-state index contributed by atoms with van der Waals surface area (Å²) in [5, 5.41) is 9.18. The summed E-state index contributed by atoms with van der Waals surface area (Å²) in [5.74, 6) is -2.35. The molecule has 2 aliphatic rings. The van der Waals surface area contributed by atoms with Crippen molar-refractivity contribution in [3.8, 4) is 0 Å². The van der Waals surface area contributed by atoms with Crippen LogP contribution in [-0.2, 0) is 28.6 Å². The molecule has 0 aromatic heterocycles. The number of carbonyl (C=O) groups excluding carboxylic acids is 3. The van der Waals surface area contributed by atoms with Gasteiger partial charge in [0.2, 0.25) is 0 Å². The molecule has 3 atom stereocenters. The van der Waals surface area contributed by atoms with E-state index in [-0.39, 0.29) is 23.3 Å². The van der Waals surface area contributed by atoms with E-state index in [4.69, 9.17) is 14.2 Å². The van der Waals surface area contributed by atoms with Gasteiger partial charge in [-0.1, -0.05) is 36.0 Å². The molecule has 7 nitrogen and oxygen atoms in total. The summed E-state index contributed by atoms with van der Waals surface area (Å²) >= 11 is 0. The van der Waals surface area contributed by atoms with Crippen molar-refractivity contribution in [2.45, 2.75) is 59.2 Å². The van der Waals surface area contributed by atoms with Gasteiger partial charge in [-0.3, -0.25) is 0 Å². The van der Waals surface area contributed by atoms with Gasteiger partial charge in [-0.25, -0.2) is 14.4 Å². The Kier molecular flexibility index (Phi) is 9.20. The highest BCUT2D eigenvalue weighted by atomic mass is 16.6. The van der Waals surface area contributed by atoms with Crippen LogP contribution in [0.25, 0.3) is 0 Å². The Labute approximate surface area is 189 Å². The number of hydrogen-bond acceptors (Lipinski definition) is 7. The summed E-state index contributed by atoms with van der Waals surface area (Å²) < 4.78 is 16.5. The Morgan fingerprint density at radius 3 is 2.50 bits per heavy atom. The SMILES string of the molecule is C=C1C(=O)OC2C=C(C)CCC=C(C)CC(OC(=O)C(=CC)COC(=O)C(=CC)CO)C12. The molecule has 0 bridgehead atoms. The highest BCUT2D eigenvalue weighted by Gasteiger charge is 2.44. The lowest BCUT2D eigenvalue weighted by molar-refractivity contribution is -0.148. The second-order valence-corrected chi connectivity index (χ2v) is 8.03. The van der Waals surface area contributed by atoms with Gasteiger partial charge in [0.1, 0.15) is 18.8 Å². The molecule has 174 valence electrons. The van der Waals surface area contributed by atoms with Crippen molar-refractivity contribution in [1.29, 1.82) is 0 Å². The molecule has 1 saturated heterocycles. The fourth-order valence-corrected chi connectivity index (χ4v) is 3.72. The molecule has 1 N–H and O–H groups in total. The lowest BCUT2D eigenvalue weighted by Crippen LogP contribution is -2.34. The predicted molar refractivity (Wildman–Crippen MR) is 119 cm³/mol. The molecule has 0 spiro atoms. The van der Waals surface area contributed by atoms with Gasteiger partial charge in [-0.15, -0.1) is 0 Å². The lowest BCUT2D eigenvalue weighted by Gasteiger charge is -2.27. The number of aliphatic hydroxyl groups is 1. The molecule has 0 radical (unpaired) electrons. The Morgan fingerprint density at radius 1 is 1.19 bits per heavy atom. The average molecular weight is 445 g/mol. The van der Waals surface area contributed by atoms with Crippen molar-refractivity contribution in [2.24, 2.45) is 5.92 Å². The quantitative estimate of drug-likeness (QED) is 0.290. The van der Waals surface area contributed by atoms with Crippen LogP contribution in [0.5, 0.6) is 0 Å². The second-order valence-electron chi connectivity index (χ2n) is 8.03. The summed E-state index contributed by atoms with van der Waals surface area (Å²) in [6.07, 6.45) is 7.88. The third kappa shape index (κ3) is 6.29. The highest BCUT2D eigenvalue weighted by molar-refractivity contribution is 5.93. The van der Waals surface area contributed by atoms with Crippen LogP contribution >= 0.6 is 0 Å². The summed E-state index contributed by atoms with van der Waals surface area (Å²) in [6, 6.07) is 0. The number of ether oxygens (including phenoxy) is 3. The van der Waals surface area contributed by atoms with Crippen LogP contribution < -0.4 is 0 Å². The molecule has 0 saturated carbocycles. The molecular weight excluding hydrogens is 412 g/mol. The normalized spacial score (nSPS) is 24.7. The number of fused-ring (bicyclic) bond motifs is 1. The fourth-order valence-electron chi connectivity index (χ4n) is 3.72. The molecule has 1 aliphatic carbocycles. The number of allylic oxidation sites excluding steroid dienone is 4. The van der Waals surface area contributed by atoms with Crippen LogP contribution in [0.2, 0.25) is 0 Å². The van der Waals surface area contributed by atoms with E-state index in [2.05, 4.69) is 12.7 Å². The van der Waals surface area contributed by atoms with Crippen LogP contribution in [-0.4, -0.2) is 48.4 Å². The van der Waals surface area contributed by atoms with Gasteiger partial charge in [0.25, 0.3) is 0 Å². The van der Waals surface area contributed by atoms with Crippen LogP contribution in [0.1, 0.15) is 47.0 Å². The minimum Gasteiger partial charge on any atom is -0.458 e. The van der Waals surface area contributed by atoms with Crippen LogP contribution in [0.15, 0.2) is 58.7 Å². The van der Waals surface area contributed by atoms with Gasteiger partial charge < -0.3 is 19.3 Å². The molecule has 0 aromatic carbocycles. The topological polar surface area (TPSA) is 99.1 Å². The second kappa shape index (κ2) is 11.6. The zero-order valence-corrected chi connectivity index (χ0v) is 19.2. The molecule has 3 unspecified atom stereocenters. The standard InChI is InChI=1S/C25H32O7/c1-6-18(13-26)24(28)30-14-19(7-2)25(29)32-21-12-16(4)10-8-9-15(3)11-20-22(21)17(5)23(27)31-20/h6-7,10-11,20-22,26H,5,8-9,12-14H2,1-4H3. The third-order valence-electron chi connectivity index (χ3n) is 5.67. The van der Waals surface area contributed by atoms with E-state index in [0.717, 1.165) is 24.0 Å². The summed E-state index contributed by atoms with van der Waals surface area (Å²) in [6.45, 7) is 10.3. The maximum absolute atomic E-state index is 12.9. The minimum atomic E-state index is -0.705. The van der Waals surface area contributed by atoms with E-state index in [1.807, 2.05) is 19.9 Å². The first-order valence-electron chi connectivity index (χ1n) is 10.7. The zero-order chi connectivity index (χ0) is 23.8. The Hall–Kier alpha value is -2.93. The third-order valence-corrected chi connectivity index (χ3v) is 5.67. The molecule has 1 aliphatic heterocycles. The smallest absolute Gasteiger partial charge is 0.337 e. The van der Waals surface area contributed by atoms with Crippen LogP contribution in [0.4, 0.5) is 0 Å². The van der Waals surface area contributed by atoms with Gasteiger partial charge in [0.15, 0.2) is 0 Å². The maximum Gasteiger partial charge on any atom is 0.337 e. The Bertz CT molecular complexity index is 888. The largest absolute Gasteiger partial charge is 0.458 e. The molecule has 32 heavy (non-hydrogen) atoms. The molecule has 1 fully saturated rings. The monoisotopic (exact) mass is 444 g/mol. The van der Waals surface area contributed by atoms with Crippen LogP contribution in [0, 0.1) is 5.92 Å². The van der Waals surface area contributed by atoms with Crippen molar-refractivity contribution in [1.82, 2.24) is 0 Å². The van der Waals surface area contributed by atoms with E-state index in [9.17, 15) is 19.5 Å². The molecule has 1 heterocycles. The average Bonchev–Trinajstić information content (AvgIpc) is 3.01. The van der Waals surface area contributed by atoms with Crippen molar-refractivity contribution in [3.63, 3.8) is 0 Å². The predicted octanol–water partition coefficient (Wildman–Crippen LogP) is 3.50. The summed E-state index contributed by atoms with van der Waals surface area (Å²) in [4.78, 5) is 37.2. The number of hydrogen-bond donors (Lipinski definition) is 1. The first-order chi connectivity index (χ1) is 15.2. The van der Waals surface area contributed by atoms with Gasteiger partial charge in [0, 0.05) is 12.0 Å². The van der Waals surface area contributed by atoms with E-state index in [1.54, 1.807) is 13.8 Å². The number of aliphatic hydroxyl groups excluding tert-OH is 1. The first-order valence-corrected chi connectivity index (χ1v) is 10.7. The van der Waals surface area contributed by atoms with Gasteiger partial charge >= 0.3 is 17.9 Å². The molecule has 0 amide bonds. The minimum absolute atomic E-state index is 0.102. The lowest BCUT2D eigenvalue weighted by atomic mass is 9.85. The fraction of sp³-hybridized carbons (Fsp3) is 0.480. The van der Waals surface area contributed by atoms with Crippen LogP contribution in [0.3, 0.4) is 0 Å². The Morgan fingerprint density at radius 2 is 1.88 bits per heavy atom. The number of esters is 3. The van der Waals surface area contributed by atoms with Crippen molar-refractivity contribution < 1.29 is 33.7 Å². The summed E-state index contributed by atoms with van der Waals surface area (Å²) in [5.41, 5.74) is 2.66. The molecular formula is C25H32O7. The van der Waals surface area contributed by atoms with E-state index < -0.39 is 42.6 Å². The number of rotatable bonds is 6. The zero-order valence-electron chi connectivity index (χ0n) is 19.2. The highest BCUT2D eigenvalue weighted by Crippen LogP contribution is 2.36. The van der Waals surface area contributed by atoms with E-state index >= 15 is 0 Å². The first kappa shape index (κ1) is 25.3. The van der Waals surface area contributed by atoms with Crippen molar-refractivity contribution >= 4 is 17.9 Å². The van der Waals surface area contributed by atoms with Crippen molar-refractivity contribution in [3.05, 3.63) is 58.7 Å².